The van der Waals surface area contributed by atoms with Gasteiger partial charge in [0.15, 0.2) is 0 Å². The Bertz CT molecular complexity index is 784. The second-order valence-electron chi connectivity index (χ2n) is 7.30. The summed E-state index contributed by atoms with van der Waals surface area (Å²) in [4.78, 5) is 18.1. The van der Waals surface area contributed by atoms with Crippen LogP contribution < -0.4 is 17.2 Å². The van der Waals surface area contributed by atoms with Gasteiger partial charge in [0.25, 0.3) is 0 Å². The van der Waals surface area contributed by atoms with E-state index in [4.69, 9.17) is 11.5 Å². The fourth-order valence-corrected chi connectivity index (χ4v) is 4.09. The first-order chi connectivity index (χ1) is 11.5. The van der Waals surface area contributed by atoms with Crippen molar-refractivity contribution in [2.45, 2.75) is 25.3 Å². The first-order valence-corrected chi connectivity index (χ1v) is 8.46. The number of anilines is 1. The number of hydrogen-bond donors (Lipinski definition) is 2. The summed E-state index contributed by atoms with van der Waals surface area (Å²) in [5, 5.41) is 0. The lowest BCUT2D eigenvalue weighted by Gasteiger charge is -2.58. The molecule has 4 N–H and O–H groups in total. The van der Waals surface area contributed by atoms with Crippen molar-refractivity contribution in [1.29, 1.82) is 0 Å². The Morgan fingerprint density at radius 2 is 1.88 bits per heavy atom. The van der Waals surface area contributed by atoms with E-state index in [9.17, 15) is 4.79 Å². The van der Waals surface area contributed by atoms with Gasteiger partial charge in [0.2, 0.25) is 0 Å². The van der Waals surface area contributed by atoms with Gasteiger partial charge in [-0.2, -0.15) is 4.98 Å². The molecule has 4 rings (SSSR count). The molecule has 1 aliphatic heterocycles. The Balaban J connectivity index is 1.34. The lowest BCUT2D eigenvalue weighted by Crippen LogP contribution is -2.65. The fourth-order valence-electron chi connectivity index (χ4n) is 4.09. The van der Waals surface area contributed by atoms with Crippen molar-refractivity contribution in [2.75, 3.05) is 25.4 Å². The maximum Gasteiger partial charge on any atom is 0.354 e. The van der Waals surface area contributed by atoms with Crippen molar-refractivity contribution in [3.63, 3.8) is 0 Å². The standard InChI is InChI=1S/C18H23N5O/c19-14-9-18(10-14)11-22(12-18)7-5-13-1-3-15(4-2-13)23-8-6-16(20)21-17(23)24/h1-4,6,8,14H,5,7,9-12,19H2,(H2,20,21,24). The summed E-state index contributed by atoms with van der Waals surface area (Å²) in [7, 11) is 0. The Kier molecular flexibility index (Phi) is 3.66. The second-order valence-corrected chi connectivity index (χ2v) is 7.30. The minimum absolute atomic E-state index is 0.243. The van der Waals surface area contributed by atoms with Crippen LogP contribution in [0.3, 0.4) is 0 Å². The third-order valence-corrected chi connectivity index (χ3v) is 5.26. The molecule has 0 bridgehead atoms. The molecule has 126 valence electrons. The Morgan fingerprint density at radius 1 is 1.17 bits per heavy atom. The maximum absolute atomic E-state index is 11.9. The van der Waals surface area contributed by atoms with Crippen LogP contribution in [0.1, 0.15) is 18.4 Å². The number of nitrogen functional groups attached to an aromatic ring is 1. The summed E-state index contributed by atoms with van der Waals surface area (Å²) in [6.45, 7) is 3.48. The highest BCUT2D eigenvalue weighted by Gasteiger charge is 2.50. The minimum atomic E-state index is -0.354. The zero-order valence-corrected chi connectivity index (χ0v) is 13.7. The molecular weight excluding hydrogens is 302 g/mol. The molecule has 2 aliphatic rings. The highest BCUT2D eigenvalue weighted by atomic mass is 16.1. The number of rotatable bonds is 4. The topological polar surface area (TPSA) is 90.2 Å². The van der Waals surface area contributed by atoms with Crippen molar-refractivity contribution in [1.82, 2.24) is 14.5 Å². The SMILES string of the molecule is Nc1ccn(-c2ccc(CCN3CC4(CC(N)C4)C3)cc2)c(=O)n1. The molecule has 2 fully saturated rings. The largest absolute Gasteiger partial charge is 0.383 e. The summed E-state index contributed by atoms with van der Waals surface area (Å²) in [6, 6.07) is 10.1. The van der Waals surface area contributed by atoms with Gasteiger partial charge in [0.1, 0.15) is 5.82 Å². The monoisotopic (exact) mass is 325 g/mol. The van der Waals surface area contributed by atoms with Crippen LogP contribution >= 0.6 is 0 Å². The lowest BCUT2D eigenvalue weighted by molar-refractivity contribution is -0.0698. The molecule has 1 saturated carbocycles. The van der Waals surface area contributed by atoms with Gasteiger partial charge in [-0.3, -0.25) is 4.57 Å². The molecule has 6 nitrogen and oxygen atoms in total. The van der Waals surface area contributed by atoms with Crippen LogP contribution in [0.25, 0.3) is 5.69 Å². The maximum atomic E-state index is 11.9. The van der Waals surface area contributed by atoms with E-state index in [2.05, 4.69) is 22.0 Å². The lowest BCUT2D eigenvalue weighted by atomic mass is 9.61. The fraction of sp³-hybridized carbons (Fsp3) is 0.444. The van der Waals surface area contributed by atoms with Gasteiger partial charge in [-0.05, 0) is 48.4 Å². The van der Waals surface area contributed by atoms with E-state index in [-0.39, 0.29) is 11.5 Å². The number of hydrogen-bond acceptors (Lipinski definition) is 5. The highest BCUT2D eigenvalue weighted by molar-refractivity contribution is 5.36. The van der Waals surface area contributed by atoms with Crippen LogP contribution in [-0.2, 0) is 6.42 Å². The number of aromatic nitrogens is 2. The van der Waals surface area contributed by atoms with Crippen LogP contribution in [0.5, 0.6) is 0 Å². The van der Waals surface area contributed by atoms with Crippen molar-refractivity contribution < 1.29 is 0 Å². The molecule has 1 aliphatic carbocycles. The second kappa shape index (κ2) is 5.72. The van der Waals surface area contributed by atoms with E-state index < -0.39 is 0 Å². The van der Waals surface area contributed by atoms with E-state index in [0.717, 1.165) is 18.7 Å². The average molecular weight is 325 g/mol. The summed E-state index contributed by atoms with van der Waals surface area (Å²) < 4.78 is 1.50. The first-order valence-electron chi connectivity index (χ1n) is 8.46. The predicted molar refractivity (Wildman–Crippen MR) is 94.0 cm³/mol. The zero-order chi connectivity index (χ0) is 16.7. The molecule has 0 atom stereocenters. The highest BCUT2D eigenvalue weighted by Crippen LogP contribution is 2.47. The van der Waals surface area contributed by atoms with Crippen LogP contribution in [0.15, 0.2) is 41.3 Å². The third-order valence-electron chi connectivity index (χ3n) is 5.26. The van der Waals surface area contributed by atoms with Gasteiger partial charge in [-0.1, -0.05) is 12.1 Å². The average Bonchev–Trinajstić information content (AvgIpc) is 2.49. The van der Waals surface area contributed by atoms with Crippen LogP contribution in [0, 0.1) is 5.41 Å². The summed E-state index contributed by atoms with van der Waals surface area (Å²) in [5.74, 6) is 0.243. The molecule has 24 heavy (non-hydrogen) atoms. The van der Waals surface area contributed by atoms with Gasteiger partial charge in [0, 0.05) is 31.9 Å². The van der Waals surface area contributed by atoms with Gasteiger partial charge in [-0.15, -0.1) is 0 Å². The molecule has 6 heteroatoms. The van der Waals surface area contributed by atoms with Gasteiger partial charge in [-0.25, -0.2) is 4.79 Å². The quantitative estimate of drug-likeness (QED) is 0.867. The van der Waals surface area contributed by atoms with E-state index in [1.54, 1.807) is 12.3 Å². The summed E-state index contributed by atoms with van der Waals surface area (Å²) >= 11 is 0. The van der Waals surface area contributed by atoms with E-state index in [0.29, 0.717) is 11.5 Å². The Morgan fingerprint density at radius 3 is 2.50 bits per heavy atom. The third kappa shape index (κ3) is 2.83. The molecule has 0 radical (unpaired) electrons. The molecule has 1 spiro atoms. The van der Waals surface area contributed by atoms with Crippen molar-refractivity contribution in [3.05, 3.63) is 52.6 Å². The molecular formula is C18H23N5O. The van der Waals surface area contributed by atoms with E-state index in [1.165, 1.54) is 36.1 Å². The molecule has 1 aromatic heterocycles. The van der Waals surface area contributed by atoms with Crippen LogP contribution in [0.4, 0.5) is 5.82 Å². The number of benzene rings is 1. The normalized spacial score (nSPS) is 19.9. The number of nitrogens with two attached hydrogens (primary N) is 2. The summed E-state index contributed by atoms with van der Waals surface area (Å²) in [5.41, 5.74) is 13.7. The number of nitrogens with zero attached hydrogens (tertiary/aromatic N) is 3. The smallest absolute Gasteiger partial charge is 0.354 e. The predicted octanol–water partition coefficient (Wildman–Crippen LogP) is 0.780. The zero-order valence-electron chi connectivity index (χ0n) is 13.7. The van der Waals surface area contributed by atoms with Crippen LogP contribution in [0.2, 0.25) is 0 Å². The molecule has 1 aromatic carbocycles. The van der Waals surface area contributed by atoms with E-state index >= 15 is 0 Å². The molecule has 1 saturated heterocycles. The van der Waals surface area contributed by atoms with Crippen molar-refractivity contribution in [2.24, 2.45) is 11.1 Å². The minimum Gasteiger partial charge on any atom is -0.383 e. The van der Waals surface area contributed by atoms with Crippen LogP contribution in [-0.4, -0.2) is 40.1 Å². The first kappa shape index (κ1) is 15.4. The van der Waals surface area contributed by atoms with Gasteiger partial charge in [0.05, 0.1) is 5.69 Å². The molecule has 2 aromatic rings. The van der Waals surface area contributed by atoms with Gasteiger partial charge < -0.3 is 16.4 Å². The molecule has 2 heterocycles. The summed E-state index contributed by atoms with van der Waals surface area (Å²) in [6.07, 6.45) is 5.07. The van der Waals surface area contributed by atoms with Crippen molar-refractivity contribution >= 4 is 5.82 Å². The van der Waals surface area contributed by atoms with E-state index in [1.807, 2.05) is 12.1 Å². The van der Waals surface area contributed by atoms with Crippen molar-refractivity contribution in [3.8, 4) is 5.69 Å². The molecule has 0 amide bonds. The van der Waals surface area contributed by atoms with Gasteiger partial charge >= 0.3 is 5.69 Å². The Hall–Kier alpha value is -2.18. The Labute approximate surface area is 141 Å². The number of likely N-dealkylation sites (tertiary alicyclic amines) is 1. The molecule has 0 unspecified atom stereocenters.